The van der Waals surface area contributed by atoms with E-state index in [9.17, 15) is 4.79 Å². The van der Waals surface area contributed by atoms with Gasteiger partial charge >= 0.3 is 0 Å². The van der Waals surface area contributed by atoms with E-state index in [0.29, 0.717) is 0 Å². The highest BCUT2D eigenvalue weighted by molar-refractivity contribution is 9.10. The van der Waals surface area contributed by atoms with Crippen molar-refractivity contribution in [2.24, 2.45) is 0 Å². The Morgan fingerprint density at radius 3 is 2.60 bits per heavy atom. The fourth-order valence-electron chi connectivity index (χ4n) is 1.35. The van der Waals surface area contributed by atoms with Gasteiger partial charge in [0, 0.05) is 10.5 Å². The van der Waals surface area contributed by atoms with Gasteiger partial charge in [0.25, 0.3) is 0 Å². The third-order valence-electron chi connectivity index (χ3n) is 2.01. The number of benzene rings is 1. The first-order valence-electron chi connectivity index (χ1n) is 4.76. The summed E-state index contributed by atoms with van der Waals surface area (Å²) in [5, 5.41) is 11.3. The molecule has 4 heteroatoms. The van der Waals surface area contributed by atoms with Gasteiger partial charge in [-0.25, -0.2) is 0 Å². The SMILES string of the molecule is CC(Cc1ccc(Br)cc1)NC(=O)CO. The lowest BCUT2D eigenvalue weighted by Crippen LogP contribution is -2.35. The molecule has 1 aromatic rings. The Balaban J connectivity index is 2.47. The average Bonchev–Trinajstić information content (AvgIpc) is 2.21. The van der Waals surface area contributed by atoms with E-state index in [0.717, 1.165) is 16.5 Å². The number of halogens is 1. The molecule has 1 amide bonds. The maximum atomic E-state index is 10.9. The second kappa shape index (κ2) is 5.88. The van der Waals surface area contributed by atoms with Crippen LogP contribution in [-0.4, -0.2) is 23.7 Å². The number of hydrogen-bond donors (Lipinski definition) is 2. The van der Waals surface area contributed by atoms with Crippen LogP contribution in [0.15, 0.2) is 28.7 Å². The zero-order valence-electron chi connectivity index (χ0n) is 8.53. The summed E-state index contributed by atoms with van der Waals surface area (Å²) in [6, 6.07) is 7.98. The number of aliphatic hydroxyl groups is 1. The normalized spacial score (nSPS) is 12.2. The smallest absolute Gasteiger partial charge is 0.245 e. The van der Waals surface area contributed by atoms with Crippen LogP contribution in [0.25, 0.3) is 0 Å². The van der Waals surface area contributed by atoms with Crippen LogP contribution in [0.5, 0.6) is 0 Å². The van der Waals surface area contributed by atoms with Gasteiger partial charge < -0.3 is 10.4 Å². The van der Waals surface area contributed by atoms with Crippen molar-refractivity contribution in [3.63, 3.8) is 0 Å². The molecule has 1 aromatic carbocycles. The molecule has 0 aliphatic heterocycles. The van der Waals surface area contributed by atoms with Crippen molar-refractivity contribution < 1.29 is 9.90 Å². The molecule has 0 aromatic heterocycles. The quantitative estimate of drug-likeness (QED) is 0.872. The van der Waals surface area contributed by atoms with Crippen LogP contribution in [0, 0.1) is 0 Å². The van der Waals surface area contributed by atoms with Gasteiger partial charge in [0.2, 0.25) is 5.91 Å². The van der Waals surface area contributed by atoms with Crippen LogP contribution < -0.4 is 5.32 Å². The predicted molar refractivity (Wildman–Crippen MR) is 62.5 cm³/mol. The first-order valence-corrected chi connectivity index (χ1v) is 5.56. The molecule has 0 aliphatic carbocycles. The van der Waals surface area contributed by atoms with E-state index in [1.807, 2.05) is 31.2 Å². The number of aliphatic hydroxyl groups excluding tert-OH is 1. The van der Waals surface area contributed by atoms with E-state index < -0.39 is 6.61 Å². The maximum Gasteiger partial charge on any atom is 0.245 e. The first-order chi connectivity index (χ1) is 7.11. The first kappa shape index (κ1) is 12.2. The van der Waals surface area contributed by atoms with Crippen molar-refractivity contribution in [1.29, 1.82) is 0 Å². The summed E-state index contributed by atoms with van der Waals surface area (Å²) in [4.78, 5) is 10.9. The molecule has 1 unspecified atom stereocenters. The molecule has 3 nitrogen and oxygen atoms in total. The van der Waals surface area contributed by atoms with Crippen molar-refractivity contribution in [3.05, 3.63) is 34.3 Å². The lowest BCUT2D eigenvalue weighted by atomic mass is 10.1. The van der Waals surface area contributed by atoms with Gasteiger partial charge in [-0.3, -0.25) is 4.79 Å². The monoisotopic (exact) mass is 271 g/mol. The van der Waals surface area contributed by atoms with Gasteiger partial charge in [-0.1, -0.05) is 28.1 Å². The van der Waals surface area contributed by atoms with Crippen molar-refractivity contribution in [3.8, 4) is 0 Å². The minimum absolute atomic E-state index is 0.0332. The number of nitrogens with one attached hydrogen (secondary N) is 1. The maximum absolute atomic E-state index is 10.9. The standard InChI is InChI=1S/C11H14BrNO2/c1-8(13-11(15)7-14)6-9-2-4-10(12)5-3-9/h2-5,8,14H,6-7H2,1H3,(H,13,15). The fraction of sp³-hybridized carbons (Fsp3) is 0.364. The van der Waals surface area contributed by atoms with Gasteiger partial charge in [-0.15, -0.1) is 0 Å². The molecular formula is C11H14BrNO2. The van der Waals surface area contributed by atoms with E-state index in [2.05, 4.69) is 21.2 Å². The zero-order chi connectivity index (χ0) is 11.3. The molecular weight excluding hydrogens is 258 g/mol. The Morgan fingerprint density at radius 1 is 1.47 bits per heavy atom. The molecule has 15 heavy (non-hydrogen) atoms. The van der Waals surface area contributed by atoms with E-state index in [-0.39, 0.29) is 11.9 Å². The number of hydrogen-bond acceptors (Lipinski definition) is 2. The highest BCUT2D eigenvalue weighted by Gasteiger charge is 2.06. The Bertz CT molecular complexity index is 324. The van der Waals surface area contributed by atoms with Gasteiger partial charge in [0.15, 0.2) is 0 Å². The summed E-state index contributed by atoms with van der Waals surface area (Å²) in [6.45, 7) is 1.46. The van der Waals surface area contributed by atoms with Crippen molar-refractivity contribution in [1.82, 2.24) is 5.32 Å². The second-order valence-electron chi connectivity index (χ2n) is 3.46. The van der Waals surface area contributed by atoms with Crippen LogP contribution in [-0.2, 0) is 11.2 Å². The van der Waals surface area contributed by atoms with Gasteiger partial charge in [0.1, 0.15) is 6.61 Å². The molecule has 0 saturated heterocycles. The summed E-state index contributed by atoms with van der Waals surface area (Å²) < 4.78 is 1.04. The van der Waals surface area contributed by atoms with Crippen LogP contribution in [0.4, 0.5) is 0 Å². The van der Waals surface area contributed by atoms with Crippen LogP contribution in [0.1, 0.15) is 12.5 Å². The topological polar surface area (TPSA) is 49.3 Å². The third-order valence-corrected chi connectivity index (χ3v) is 2.53. The van der Waals surface area contributed by atoms with E-state index >= 15 is 0 Å². The summed E-state index contributed by atoms with van der Waals surface area (Å²) in [7, 11) is 0. The number of amides is 1. The van der Waals surface area contributed by atoms with Crippen molar-refractivity contribution >= 4 is 21.8 Å². The molecule has 82 valence electrons. The molecule has 0 aliphatic rings. The molecule has 0 radical (unpaired) electrons. The predicted octanol–water partition coefficient (Wildman–Crippen LogP) is 1.49. The van der Waals surface area contributed by atoms with Gasteiger partial charge in [0.05, 0.1) is 0 Å². The lowest BCUT2D eigenvalue weighted by molar-refractivity contribution is -0.124. The van der Waals surface area contributed by atoms with Crippen molar-refractivity contribution in [2.45, 2.75) is 19.4 Å². The Kier molecular flexibility index (Phi) is 4.78. The lowest BCUT2D eigenvalue weighted by Gasteiger charge is -2.12. The summed E-state index contributed by atoms with van der Waals surface area (Å²) in [5.74, 6) is -0.334. The average molecular weight is 272 g/mol. The largest absolute Gasteiger partial charge is 0.387 e. The summed E-state index contributed by atoms with van der Waals surface area (Å²) in [6.07, 6.45) is 0.763. The highest BCUT2D eigenvalue weighted by atomic mass is 79.9. The van der Waals surface area contributed by atoms with E-state index in [4.69, 9.17) is 5.11 Å². The molecule has 0 fully saturated rings. The highest BCUT2D eigenvalue weighted by Crippen LogP contribution is 2.11. The summed E-state index contributed by atoms with van der Waals surface area (Å²) in [5.41, 5.74) is 1.16. The van der Waals surface area contributed by atoms with E-state index in [1.165, 1.54) is 0 Å². The second-order valence-corrected chi connectivity index (χ2v) is 4.37. The molecule has 0 bridgehead atoms. The Hall–Kier alpha value is -0.870. The van der Waals surface area contributed by atoms with Gasteiger partial charge in [-0.2, -0.15) is 0 Å². The number of rotatable bonds is 4. The molecule has 0 spiro atoms. The Labute approximate surface area is 97.6 Å². The van der Waals surface area contributed by atoms with Crippen LogP contribution in [0.2, 0.25) is 0 Å². The Morgan fingerprint density at radius 2 is 2.07 bits per heavy atom. The van der Waals surface area contributed by atoms with E-state index in [1.54, 1.807) is 0 Å². The molecule has 0 saturated carbocycles. The number of carbonyl (C=O) groups is 1. The molecule has 2 N–H and O–H groups in total. The molecule has 1 atom stereocenters. The minimum Gasteiger partial charge on any atom is -0.387 e. The van der Waals surface area contributed by atoms with Crippen LogP contribution >= 0.6 is 15.9 Å². The fourth-order valence-corrected chi connectivity index (χ4v) is 1.61. The third kappa shape index (κ3) is 4.44. The number of carbonyl (C=O) groups excluding carboxylic acids is 1. The zero-order valence-corrected chi connectivity index (χ0v) is 10.1. The minimum atomic E-state index is -0.454. The van der Waals surface area contributed by atoms with Crippen molar-refractivity contribution in [2.75, 3.05) is 6.61 Å². The summed E-state index contributed by atoms with van der Waals surface area (Å²) >= 11 is 3.36. The molecule has 1 rings (SSSR count). The molecule has 0 heterocycles. The van der Waals surface area contributed by atoms with Gasteiger partial charge in [-0.05, 0) is 31.0 Å². The van der Waals surface area contributed by atoms with Crippen LogP contribution in [0.3, 0.4) is 0 Å².